The minimum absolute atomic E-state index is 0.0111. The van der Waals surface area contributed by atoms with E-state index < -0.39 is 34.1 Å². The number of thiazole rings is 1. The number of carbonyl (C=O) groups excluding carboxylic acids is 3. The van der Waals surface area contributed by atoms with E-state index in [4.69, 9.17) is 5.21 Å². The summed E-state index contributed by atoms with van der Waals surface area (Å²) in [6, 6.07) is 13.1. The van der Waals surface area contributed by atoms with Gasteiger partial charge in [-0.2, -0.15) is 4.31 Å². The van der Waals surface area contributed by atoms with E-state index in [1.54, 1.807) is 15.2 Å². The number of carbonyl (C=O) groups is 3. The molecule has 0 saturated carbocycles. The first-order chi connectivity index (χ1) is 24.7. The average Bonchev–Trinajstić information content (AvgIpc) is 3.69. The van der Waals surface area contributed by atoms with Crippen molar-refractivity contribution in [2.24, 2.45) is 17.0 Å². The van der Waals surface area contributed by atoms with E-state index in [1.165, 1.54) is 53.0 Å². The molecule has 3 aromatic rings. The van der Waals surface area contributed by atoms with Gasteiger partial charge in [0.25, 0.3) is 0 Å². The minimum atomic E-state index is -4.08. The predicted octanol–water partition coefficient (Wildman–Crippen LogP) is 4.00. The highest BCUT2D eigenvalue weighted by Crippen LogP contribution is 2.25. The zero-order valence-electron chi connectivity index (χ0n) is 30.2. The van der Waals surface area contributed by atoms with Crippen LogP contribution in [0.3, 0.4) is 0 Å². The Labute approximate surface area is 309 Å². The molecule has 1 aliphatic rings. The second-order valence-electron chi connectivity index (χ2n) is 13.5. The number of aliphatic hydroxyl groups is 1. The molecule has 4 atom stereocenters. The summed E-state index contributed by atoms with van der Waals surface area (Å²) in [5.41, 5.74) is 1.96. The van der Waals surface area contributed by atoms with Gasteiger partial charge in [0.15, 0.2) is 5.13 Å². The fourth-order valence-corrected chi connectivity index (χ4v) is 8.46. The molecule has 282 valence electrons. The van der Waals surface area contributed by atoms with E-state index in [2.05, 4.69) is 20.8 Å². The maximum absolute atomic E-state index is 14.3. The molecule has 1 saturated heterocycles. The maximum atomic E-state index is 14.3. The SMILES string of the molecule is CC[C@H](C)[C@@H](C(=O)N[C@@H](Cc1ccccc1)[C@H](O)CN(CC(C)C)S(=O)(=O)c1ccc(/C=N/O)cc1)N1CCN(Cc2csc(NC(C)=O)n2)C1=O. The Kier molecular flexibility index (Phi) is 14.3. The number of nitrogens with one attached hydrogen (secondary N) is 2. The molecule has 0 radical (unpaired) electrons. The van der Waals surface area contributed by atoms with Crippen LogP contribution in [0.5, 0.6) is 0 Å². The topological polar surface area (TPSA) is 185 Å². The lowest BCUT2D eigenvalue weighted by Crippen LogP contribution is -2.57. The predicted molar refractivity (Wildman–Crippen MR) is 200 cm³/mol. The van der Waals surface area contributed by atoms with Crippen LogP contribution in [-0.4, -0.2) is 106 Å². The third kappa shape index (κ3) is 10.6. The summed E-state index contributed by atoms with van der Waals surface area (Å²) in [4.78, 5) is 47.0. The molecule has 0 spiro atoms. The van der Waals surface area contributed by atoms with Crippen molar-refractivity contribution in [1.29, 1.82) is 0 Å². The zero-order valence-corrected chi connectivity index (χ0v) is 31.8. The molecular weight excluding hydrogens is 707 g/mol. The van der Waals surface area contributed by atoms with Crippen LogP contribution in [0.25, 0.3) is 0 Å². The van der Waals surface area contributed by atoms with Crippen molar-refractivity contribution >= 4 is 50.6 Å². The van der Waals surface area contributed by atoms with Crippen molar-refractivity contribution < 1.29 is 33.1 Å². The number of nitrogens with zero attached hydrogens (tertiary/aromatic N) is 5. The monoisotopic (exact) mass is 755 g/mol. The number of rotatable bonds is 18. The summed E-state index contributed by atoms with van der Waals surface area (Å²) in [5, 5.41) is 31.5. The highest BCUT2D eigenvalue weighted by Gasteiger charge is 2.41. The van der Waals surface area contributed by atoms with Crippen LogP contribution in [-0.2, 0) is 32.6 Å². The minimum Gasteiger partial charge on any atom is -0.411 e. The number of anilines is 1. The summed E-state index contributed by atoms with van der Waals surface area (Å²) >= 11 is 1.27. The second-order valence-corrected chi connectivity index (χ2v) is 16.3. The van der Waals surface area contributed by atoms with E-state index in [9.17, 15) is 27.9 Å². The lowest BCUT2D eigenvalue weighted by atomic mass is 9.95. The van der Waals surface area contributed by atoms with Gasteiger partial charge in [0.1, 0.15) is 6.04 Å². The van der Waals surface area contributed by atoms with Crippen LogP contribution in [0.4, 0.5) is 9.93 Å². The molecule has 2 heterocycles. The Hall–Kier alpha value is -4.38. The number of aromatic nitrogens is 1. The molecule has 1 aromatic heterocycles. The van der Waals surface area contributed by atoms with Gasteiger partial charge < -0.3 is 30.7 Å². The van der Waals surface area contributed by atoms with Gasteiger partial charge in [-0.05, 0) is 41.5 Å². The summed E-state index contributed by atoms with van der Waals surface area (Å²) in [6.07, 6.45) is 0.689. The van der Waals surface area contributed by atoms with E-state index >= 15 is 0 Å². The summed E-state index contributed by atoms with van der Waals surface area (Å²) in [5.74, 6) is -0.992. The third-order valence-corrected chi connectivity index (χ3v) is 11.5. The van der Waals surface area contributed by atoms with Crippen molar-refractivity contribution in [3.63, 3.8) is 0 Å². The van der Waals surface area contributed by atoms with Gasteiger partial charge in [-0.25, -0.2) is 18.2 Å². The van der Waals surface area contributed by atoms with Gasteiger partial charge in [-0.1, -0.05) is 81.7 Å². The van der Waals surface area contributed by atoms with Crippen molar-refractivity contribution in [2.45, 2.75) is 77.1 Å². The largest absolute Gasteiger partial charge is 0.411 e. The molecule has 0 aliphatic carbocycles. The van der Waals surface area contributed by atoms with Crippen molar-refractivity contribution in [2.75, 3.05) is 31.5 Å². The Bertz CT molecular complexity index is 1790. The van der Waals surface area contributed by atoms with Gasteiger partial charge in [0.05, 0.1) is 35.5 Å². The molecule has 4 N–H and O–H groups in total. The highest BCUT2D eigenvalue weighted by atomic mass is 32.2. The zero-order chi connectivity index (χ0) is 38.0. The molecule has 14 nitrogen and oxygen atoms in total. The summed E-state index contributed by atoms with van der Waals surface area (Å²) in [6.45, 7) is 9.71. The van der Waals surface area contributed by atoms with Gasteiger partial charge in [-0.15, -0.1) is 11.3 Å². The number of hydrogen-bond donors (Lipinski definition) is 4. The number of hydrogen-bond acceptors (Lipinski definition) is 10. The van der Waals surface area contributed by atoms with E-state index in [-0.39, 0.29) is 54.7 Å². The summed E-state index contributed by atoms with van der Waals surface area (Å²) in [7, 11) is -4.08. The van der Waals surface area contributed by atoms with Crippen molar-refractivity contribution in [3.8, 4) is 0 Å². The standard InChI is InChI=1S/C36H49N7O7S2/c1-6-25(4)33(43-17-16-41(36(43)47)21-29-23-51-35(39-29)38-26(5)44)34(46)40-31(18-27-10-8-7-9-11-27)32(45)22-42(20-24(2)3)52(49,50)30-14-12-28(13-15-30)19-37-48/h7-15,19,23-25,31-33,45,48H,6,16-18,20-22H2,1-5H3,(H,40,46)(H,38,39,44)/b37-19+/t25-,31-,32+,33-/m0/s1. The molecule has 16 heteroatoms. The first kappa shape index (κ1) is 40.4. The fourth-order valence-electron chi connectivity index (χ4n) is 6.09. The van der Waals surface area contributed by atoms with E-state index in [0.29, 0.717) is 35.9 Å². The van der Waals surface area contributed by atoms with Crippen LogP contribution in [0.15, 0.2) is 70.0 Å². The van der Waals surface area contributed by atoms with Crippen LogP contribution in [0.2, 0.25) is 0 Å². The molecule has 0 unspecified atom stereocenters. The number of aliphatic hydroxyl groups excluding tert-OH is 1. The van der Waals surface area contributed by atoms with E-state index in [1.807, 2.05) is 58.0 Å². The number of benzene rings is 2. The van der Waals surface area contributed by atoms with Gasteiger partial charge in [-0.3, -0.25) is 9.59 Å². The first-order valence-electron chi connectivity index (χ1n) is 17.3. The van der Waals surface area contributed by atoms with E-state index in [0.717, 1.165) is 5.56 Å². The van der Waals surface area contributed by atoms with Gasteiger partial charge in [0, 0.05) is 38.5 Å². The molecule has 0 bridgehead atoms. The molecule has 1 fully saturated rings. The Morgan fingerprint density at radius 3 is 2.38 bits per heavy atom. The smallest absolute Gasteiger partial charge is 0.321 e. The summed E-state index contributed by atoms with van der Waals surface area (Å²) < 4.78 is 29.0. The van der Waals surface area contributed by atoms with Crippen LogP contribution < -0.4 is 10.6 Å². The van der Waals surface area contributed by atoms with Crippen LogP contribution in [0.1, 0.15) is 57.9 Å². The maximum Gasteiger partial charge on any atom is 0.321 e. The molecular formula is C36H49N7O7S2. The molecule has 1 aliphatic heterocycles. The molecule has 52 heavy (non-hydrogen) atoms. The lowest BCUT2D eigenvalue weighted by molar-refractivity contribution is -0.128. The van der Waals surface area contributed by atoms with Crippen molar-refractivity contribution in [3.05, 3.63) is 76.8 Å². The number of sulfonamides is 1. The normalized spacial score (nSPS) is 16.0. The molecule has 4 rings (SSSR count). The second kappa shape index (κ2) is 18.4. The fraction of sp³-hybridized carbons (Fsp3) is 0.472. The average molecular weight is 756 g/mol. The first-order valence-corrected chi connectivity index (χ1v) is 19.6. The Morgan fingerprint density at radius 2 is 1.77 bits per heavy atom. The third-order valence-electron chi connectivity index (χ3n) is 8.88. The Balaban J connectivity index is 1.57. The van der Waals surface area contributed by atoms with Crippen LogP contribution >= 0.6 is 11.3 Å². The van der Waals surface area contributed by atoms with Gasteiger partial charge >= 0.3 is 6.03 Å². The molecule has 2 aromatic carbocycles. The van der Waals surface area contributed by atoms with Gasteiger partial charge in [0.2, 0.25) is 21.8 Å². The highest BCUT2D eigenvalue weighted by molar-refractivity contribution is 7.89. The number of oxime groups is 1. The quantitative estimate of drug-likeness (QED) is 0.0853. The molecule has 4 amide bonds. The number of urea groups is 1. The van der Waals surface area contributed by atoms with Crippen LogP contribution in [0, 0.1) is 11.8 Å². The Morgan fingerprint density at radius 1 is 1.08 bits per heavy atom. The lowest BCUT2D eigenvalue weighted by Gasteiger charge is -2.35. The number of amides is 4. The van der Waals surface area contributed by atoms with Crippen molar-refractivity contribution in [1.82, 2.24) is 24.4 Å².